The van der Waals surface area contributed by atoms with E-state index in [0.29, 0.717) is 28.8 Å². The molecule has 1 atom stereocenters. The summed E-state index contributed by atoms with van der Waals surface area (Å²) in [7, 11) is 1.92. The number of anilines is 1. The Bertz CT molecular complexity index is 990. The van der Waals surface area contributed by atoms with Crippen LogP contribution in [0.5, 0.6) is 11.5 Å². The van der Waals surface area contributed by atoms with Gasteiger partial charge in [-0.05, 0) is 24.6 Å². The third-order valence-corrected chi connectivity index (χ3v) is 5.56. The molecule has 144 valence electrons. The normalized spacial score (nSPS) is 13.4. The van der Waals surface area contributed by atoms with Gasteiger partial charge in [-0.15, -0.1) is 10.2 Å². The molecule has 0 radical (unpaired) electrons. The summed E-state index contributed by atoms with van der Waals surface area (Å²) in [6.45, 7) is 2.05. The van der Waals surface area contributed by atoms with Crippen LogP contribution in [0.2, 0.25) is 0 Å². The van der Waals surface area contributed by atoms with Gasteiger partial charge in [0.05, 0.1) is 5.25 Å². The minimum Gasteiger partial charge on any atom is -0.454 e. The van der Waals surface area contributed by atoms with Crippen LogP contribution in [0.25, 0.3) is 0 Å². The molecule has 8 heteroatoms. The molecule has 1 amide bonds. The monoisotopic (exact) mass is 396 g/mol. The standard InChI is InChI=1S/C20H20N4O3S/c1-13(19(25)21-15-8-9-16-17(11-15)27-12-26-16)28-20-23-22-18(24(20)2)10-14-6-4-3-5-7-14/h3-9,11,13H,10,12H2,1-2H3,(H,21,25). The van der Waals surface area contributed by atoms with Crippen LogP contribution in [-0.4, -0.2) is 32.7 Å². The maximum atomic E-state index is 12.6. The van der Waals surface area contributed by atoms with E-state index in [1.165, 1.54) is 17.3 Å². The van der Waals surface area contributed by atoms with E-state index in [9.17, 15) is 4.79 Å². The summed E-state index contributed by atoms with van der Waals surface area (Å²) in [6.07, 6.45) is 0.697. The molecule has 2 aromatic carbocycles. The van der Waals surface area contributed by atoms with Crippen LogP contribution >= 0.6 is 11.8 Å². The summed E-state index contributed by atoms with van der Waals surface area (Å²) >= 11 is 1.38. The molecule has 0 spiro atoms. The van der Waals surface area contributed by atoms with Crippen LogP contribution in [0.15, 0.2) is 53.7 Å². The highest BCUT2D eigenvalue weighted by molar-refractivity contribution is 8.00. The summed E-state index contributed by atoms with van der Waals surface area (Å²) in [5, 5.41) is 11.8. The molecule has 2 heterocycles. The Balaban J connectivity index is 1.39. The molecular weight excluding hydrogens is 376 g/mol. The second kappa shape index (κ2) is 7.93. The van der Waals surface area contributed by atoms with Crippen molar-refractivity contribution in [3.8, 4) is 11.5 Å². The zero-order chi connectivity index (χ0) is 19.5. The van der Waals surface area contributed by atoms with Gasteiger partial charge in [0.2, 0.25) is 12.7 Å². The third-order valence-electron chi connectivity index (χ3n) is 4.42. The van der Waals surface area contributed by atoms with Gasteiger partial charge in [-0.2, -0.15) is 0 Å². The van der Waals surface area contributed by atoms with Crippen LogP contribution in [0.1, 0.15) is 18.3 Å². The van der Waals surface area contributed by atoms with Crippen molar-refractivity contribution >= 4 is 23.4 Å². The van der Waals surface area contributed by atoms with Gasteiger partial charge < -0.3 is 19.4 Å². The number of fused-ring (bicyclic) bond motifs is 1. The van der Waals surface area contributed by atoms with Crippen molar-refractivity contribution in [2.24, 2.45) is 7.05 Å². The minimum atomic E-state index is -0.335. The van der Waals surface area contributed by atoms with Crippen LogP contribution < -0.4 is 14.8 Å². The Morgan fingerprint density at radius 2 is 1.96 bits per heavy atom. The lowest BCUT2D eigenvalue weighted by Gasteiger charge is -2.12. The number of carbonyl (C=O) groups is 1. The van der Waals surface area contributed by atoms with E-state index < -0.39 is 0 Å². The Morgan fingerprint density at radius 3 is 2.79 bits per heavy atom. The van der Waals surface area contributed by atoms with Gasteiger partial charge >= 0.3 is 0 Å². The van der Waals surface area contributed by atoms with Crippen molar-refractivity contribution in [2.75, 3.05) is 12.1 Å². The van der Waals surface area contributed by atoms with Gasteiger partial charge in [-0.25, -0.2) is 0 Å². The smallest absolute Gasteiger partial charge is 0.237 e. The Morgan fingerprint density at radius 1 is 1.18 bits per heavy atom. The lowest BCUT2D eigenvalue weighted by atomic mass is 10.1. The number of benzene rings is 2. The van der Waals surface area contributed by atoms with E-state index in [0.717, 1.165) is 5.82 Å². The number of carbonyl (C=O) groups excluding carboxylic acids is 1. The van der Waals surface area contributed by atoms with Crippen molar-refractivity contribution < 1.29 is 14.3 Å². The van der Waals surface area contributed by atoms with Gasteiger partial charge in [0.25, 0.3) is 0 Å². The van der Waals surface area contributed by atoms with E-state index in [1.54, 1.807) is 18.2 Å². The first-order valence-electron chi connectivity index (χ1n) is 8.89. The number of thioether (sulfide) groups is 1. The molecule has 1 unspecified atom stereocenters. The molecule has 7 nitrogen and oxygen atoms in total. The van der Waals surface area contributed by atoms with Gasteiger partial charge in [0, 0.05) is 25.2 Å². The van der Waals surface area contributed by atoms with Crippen molar-refractivity contribution in [1.29, 1.82) is 0 Å². The summed E-state index contributed by atoms with van der Waals surface area (Å²) < 4.78 is 12.6. The molecule has 0 saturated carbocycles. The molecule has 0 bridgehead atoms. The number of hydrogen-bond acceptors (Lipinski definition) is 6. The molecule has 0 fully saturated rings. The van der Waals surface area contributed by atoms with Gasteiger partial charge in [-0.3, -0.25) is 4.79 Å². The SMILES string of the molecule is CC(Sc1nnc(Cc2ccccc2)n1C)C(=O)Nc1ccc2c(c1)OCO2. The summed E-state index contributed by atoms with van der Waals surface area (Å²) in [4.78, 5) is 12.6. The molecule has 1 N–H and O–H groups in total. The second-order valence-electron chi connectivity index (χ2n) is 6.44. The number of amides is 1. The molecule has 1 aliphatic rings. The van der Waals surface area contributed by atoms with Crippen LogP contribution in [-0.2, 0) is 18.3 Å². The molecule has 1 aromatic heterocycles. The van der Waals surface area contributed by atoms with Crippen molar-refractivity contribution in [1.82, 2.24) is 14.8 Å². The number of ether oxygens (including phenoxy) is 2. The summed E-state index contributed by atoms with van der Waals surface area (Å²) in [5.74, 6) is 2.07. The van der Waals surface area contributed by atoms with Gasteiger partial charge in [-0.1, -0.05) is 42.1 Å². The van der Waals surface area contributed by atoms with E-state index in [-0.39, 0.29) is 18.0 Å². The number of nitrogens with zero attached hydrogens (tertiary/aromatic N) is 3. The Labute approximate surface area is 167 Å². The summed E-state index contributed by atoms with van der Waals surface area (Å²) in [5.41, 5.74) is 1.84. The first-order valence-corrected chi connectivity index (χ1v) is 9.77. The van der Waals surface area contributed by atoms with Crippen LogP contribution in [0, 0.1) is 0 Å². The quantitative estimate of drug-likeness (QED) is 0.645. The molecule has 3 aromatic rings. The fraction of sp³-hybridized carbons (Fsp3) is 0.250. The first kappa shape index (κ1) is 18.4. The van der Waals surface area contributed by atoms with Crippen LogP contribution in [0.3, 0.4) is 0 Å². The van der Waals surface area contributed by atoms with Gasteiger partial charge in [0.15, 0.2) is 16.7 Å². The molecule has 4 rings (SSSR count). The zero-order valence-corrected chi connectivity index (χ0v) is 16.4. The highest BCUT2D eigenvalue weighted by atomic mass is 32.2. The molecule has 1 aliphatic heterocycles. The number of nitrogens with one attached hydrogen (secondary N) is 1. The lowest BCUT2D eigenvalue weighted by Crippen LogP contribution is -2.22. The molecular formula is C20H20N4O3S. The largest absolute Gasteiger partial charge is 0.454 e. The van der Waals surface area contributed by atoms with E-state index >= 15 is 0 Å². The average molecular weight is 396 g/mol. The number of aromatic nitrogens is 3. The maximum absolute atomic E-state index is 12.6. The predicted molar refractivity (Wildman–Crippen MR) is 107 cm³/mol. The number of rotatable bonds is 6. The Hall–Kier alpha value is -3.00. The highest BCUT2D eigenvalue weighted by Crippen LogP contribution is 2.34. The van der Waals surface area contributed by atoms with E-state index in [4.69, 9.17) is 9.47 Å². The van der Waals surface area contributed by atoms with Crippen molar-refractivity contribution in [3.05, 3.63) is 59.9 Å². The topological polar surface area (TPSA) is 78.3 Å². The van der Waals surface area contributed by atoms with Crippen molar-refractivity contribution in [2.45, 2.75) is 23.8 Å². The van der Waals surface area contributed by atoms with Crippen molar-refractivity contribution in [3.63, 3.8) is 0 Å². The third kappa shape index (κ3) is 3.96. The van der Waals surface area contributed by atoms with E-state index in [1.807, 2.05) is 36.7 Å². The molecule has 0 aliphatic carbocycles. The maximum Gasteiger partial charge on any atom is 0.237 e. The highest BCUT2D eigenvalue weighted by Gasteiger charge is 2.20. The van der Waals surface area contributed by atoms with Gasteiger partial charge in [0.1, 0.15) is 5.82 Å². The number of hydrogen-bond donors (Lipinski definition) is 1. The second-order valence-corrected chi connectivity index (χ2v) is 7.75. The summed E-state index contributed by atoms with van der Waals surface area (Å²) in [6, 6.07) is 15.5. The van der Waals surface area contributed by atoms with E-state index in [2.05, 4.69) is 27.6 Å². The Kier molecular flexibility index (Phi) is 5.21. The molecule has 0 saturated heterocycles. The lowest BCUT2D eigenvalue weighted by molar-refractivity contribution is -0.115. The van der Waals surface area contributed by atoms with Crippen LogP contribution in [0.4, 0.5) is 5.69 Å². The zero-order valence-electron chi connectivity index (χ0n) is 15.6. The predicted octanol–water partition coefficient (Wildman–Crippen LogP) is 3.25. The minimum absolute atomic E-state index is 0.114. The first-order chi connectivity index (χ1) is 13.6. The average Bonchev–Trinajstić information content (AvgIpc) is 3.30. The fourth-order valence-corrected chi connectivity index (χ4v) is 3.64. The fourth-order valence-electron chi connectivity index (χ4n) is 2.81. The molecule has 28 heavy (non-hydrogen) atoms.